The number of phosphoric ester groups is 1. The van der Waals surface area contributed by atoms with Crippen molar-refractivity contribution in [2.24, 2.45) is 0 Å². The smallest absolute Gasteiger partial charge is 0.391 e. The summed E-state index contributed by atoms with van der Waals surface area (Å²) in [6.07, 6.45) is 30.2. The third kappa shape index (κ3) is 32.1. The Kier molecular flexibility index (Phi) is 30.2. The molecule has 0 aromatic heterocycles. The number of hydrogen-bond donors (Lipinski definition) is 3. The number of aliphatic hydroxyl groups excluding tert-OH is 1. The zero-order chi connectivity index (χ0) is 34.4. The Balaban J connectivity index is 4.11. The number of quaternary nitrogens is 1. The second kappa shape index (κ2) is 30.6. The van der Waals surface area contributed by atoms with Crippen LogP contribution in [0.15, 0.2) is 0 Å². The average Bonchev–Trinajstić information content (AvgIpc) is 2.99. The quantitative estimate of drug-likeness (QED) is 0.0350. The van der Waals surface area contributed by atoms with Crippen molar-refractivity contribution in [1.82, 2.24) is 5.32 Å². The normalized spacial score (nSPS) is 14.7. The number of carbonyl (C=O) groups is 1. The summed E-state index contributed by atoms with van der Waals surface area (Å²) in [6.45, 7) is 4.80. The van der Waals surface area contributed by atoms with Gasteiger partial charge in [-0.3, -0.25) is 13.8 Å². The van der Waals surface area contributed by atoms with Gasteiger partial charge in [-0.2, -0.15) is 0 Å². The third-order valence-electron chi connectivity index (χ3n) is 8.86. The summed E-state index contributed by atoms with van der Waals surface area (Å²) in [5.41, 5.74) is 0. The average molecular weight is 678 g/mol. The van der Waals surface area contributed by atoms with E-state index in [0.717, 1.165) is 51.4 Å². The number of aliphatic hydroxyl groups is 1. The van der Waals surface area contributed by atoms with E-state index in [4.69, 9.17) is 9.05 Å². The van der Waals surface area contributed by atoms with Gasteiger partial charge in [-0.15, -0.1) is 0 Å². The van der Waals surface area contributed by atoms with E-state index in [0.29, 0.717) is 23.9 Å². The summed E-state index contributed by atoms with van der Waals surface area (Å²) < 4.78 is 23.3. The first-order chi connectivity index (χ1) is 22.0. The molecule has 0 bridgehead atoms. The first kappa shape index (κ1) is 45.5. The van der Waals surface area contributed by atoms with Crippen molar-refractivity contribution >= 4 is 13.7 Å². The van der Waals surface area contributed by atoms with Gasteiger partial charge in [-0.25, -0.2) is 4.57 Å². The monoisotopic (exact) mass is 678 g/mol. The fourth-order valence-corrected chi connectivity index (χ4v) is 6.43. The molecule has 0 aliphatic carbocycles. The van der Waals surface area contributed by atoms with Gasteiger partial charge < -0.3 is 19.8 Å². The molecule has 0 aliphatic heterocycles. The van der Waals surface area contributed by atoms with Crippen LogP contribution in [0.2, 0.25) is 0 Å². The van der Waals surface area contributed by atoms with Gasteiger partial charge in [0.05, 0.1) is 39.9 Å². The van der Waals surface area contributed by atoms with Crippen LogP contribution in [0.3, 0.4) is 0 Å². The highest BCUT2D eigenvalue weighted by Gasteiger charge is 2.28. The fraction of sp³-hybridized carbons (Fsp3) is 0.973. The summed E-state index contributed by atoms with van der Waals surface area (Å²) in [4.78, 5) is 22.9. The minimum Gasteiger partial charge on any atom is -0.391 e. The fourth-order valence-electron chi connectivity index (χ4n) is 5.69. The Bertz CT molecular complexity index is 733. The Morgan fingerprint density at radius 3 is 1.46 bits per heavy atom. The van der Waals surface area contributed by atoms with Gasteiger partial charge in [0, 0.05) is 6.42 Å². The summed E-state index contributed by atoms with van der Waals surface area (Å²) in [7, 11) is 1.62. The molecule has 0 aromatic carbocycles. The van der Waals surface area contributed by atoms with Gasteiger partial charge in [-0.05, 0) is 12.8 Å². The standard InChI is InChI=1S/C37H77N2O6P/c1-6-8-10-12-13-14-15-16-17-18-19-20-21-22-23-24-25-27-29-31-37(41)38-35(36(40)30-28-26-11-9-7-2)34-45-46(42,43)44-33-32-39(3,4)5/h35-36,40H,6-34H2,1-5H3,(H-,38,41,42,43)/p+1. The Morgan fingerprint density at radius 2 is 1.04 bits per heavy atom. The van der Waals surface area contributed by atoms with Crippen molar-refractivity contribution in [2.45, 2.75) is 193 Å². The van der Waals surface area contributed by atoms with Crippen LogP contribution in [0, 0.1) is 0 Å². The Labute approximate surface area is 285 Å². The van der Waals surface area contributed by atoms with Crippen molar-refractivity contribution in [3.63, 3.8) is 0 Å². The third-order valence-corrected chi connectivity index (χ3v) is 9.84. The van der Waals surface area contributed by atoms with Crippen molar-refractivity contribution in [2.75, 3.05) is 40.9 Å². The predicted octanol–water partition coefficient (Wildman–Crippen LogP) is 9.85. The van der Waals surface area contributed by atoms with E-state index in [-0.39, 0.29) is 19.1 Å². The summed E-state index contributed by atoms with van der Waals surface area (Å²) >= 11 is 0. The largest absolute Gasteiger partial charge is 0.472 e. The summed E-state index contributed by atoms with van der Waals surface area (Å²) in [6, 6.07) is -0.749. The molecule has 0 saturated heterocycles. The van der Waals surface area contributed by atoms with E-state index < -0.39 is 20.0 Å². The molecule has 3 unspecified atom stereocenters. The molecule has 276 valence electrons. The van der Waals surface area contributed by atoms with Crippen LogP contribution >= 0.6 is 7.82 Å². The molecule has 0 spiro atoms. The van der Waals surface area contributed by atoms with Gasteiger partial charge in [0.1, 0.15) is 13.2 Å². The summed E-state index contributed by atoms with van der Waals surface area (Å²) in [5.74, 6) is -0.149. The van der Waals surface area contributed by atoms with Crippen molar-refractivity contribution in [3.05, 3.63) is 0 Å². The number of nitrogens with zero attached hydrogens (tertiary/aromatic N) is 1. The lowest BCUT2D eigenvalue weighted by Crippen LogP contribution is -2.46. The molecule has 0 fully saturated rings. The van der Waals surface area contributed by atoms with Gasteiger partial charge in [-0.1, -0.05) is 162 Å². The van der Waals surface area contributed by atoms with Crippen LogP contribution in [0.1, 0.15) is 181 Å². The van der Waals surface area contributed by atoms with E-state index >= 15 is 0 Å². The van der Waals surface area contributed by atoms with Crippen molar-refractivity contribution < 1.29 is 32.9 Å². The SMILES string of the molecule is CCCCCCCCCCCCCCCCCCCCCC(=O)NC(COP(=O)(O)OCC[N+](C)(C)C)C(O)CCCCCCC. The molecule has 3 atom stereocenters. The Morgan fingerprint density at radius 1 is 0.652 bits per heavy atom. The minimum atomic E-state index is -4.29. The number of hydrogen-bond acceptors (Lipinski definition) is 5. The molecule has 0 rings (SSSR count). The van der Waals surface area contributed by atoms with Crippen LogP contribution in [0.5, 0.6) is 0 Å². The number of phosphoric acid groups is 1. The van der Waals surface area contributed by atoms with Crippen molar-refractivity contribution in [1.29, 1.82) is 0 Å². The van der Waals surface area contributed by atoms with E-state index in [1.165, 1.54) is 103 Å². The van der Waals surface area contributed by atoms with Gasteiger partial charge in [0.15, 0.2) is 0 Å². The number of carbonyl (C=O) groups excluding carboxylic acids is 1. The topological polar surface area (TPSA) is 105 Å². The van der Waals surface area contributed by atoms with Crippen LogP contribution in [-0.2, 0) is 18.4 Å². The maximum atomic E-state index is 12.7. The molecule has 1 amide bonds. The highest BCUT2D eigenvalue weighted by atomic mass is 31.2. The van der Waals surface area contributed by atoms with Crippen molar-refractivity contribution in [3.8, 4) is 0 Å². The molecule has 9 heteroatoms. The number of unbranched alkanes of at least 4 members (excludes halogenated alkanes) is 22. The first-order valence-electron chi connectivity index (χ1n) is 19.4. The number of likely N-dealkylation sites (N-methyl/N-ethyl adjacent to an activating group) is 1. The van der Waals surface area contributed by atoms with Crippen LogP contribution in [0.4, 0.5) is 0 Å². The van der Waals surface area contributed by atoms with E-state index in [1.54, 1.807) is 0 Å². The number of amides is 1. The van der Waals surface area contributed by atoms with Crippen LogP contribution < -0.4 is 5.32 Å². The molecule has 0 radical (unpaired) electrons. The minimum absolute atomic E-state index is 0.0771. The second-order valence-electron chi connectivity index (χ2n) is 14.7. The zero-order valence-electron chi connectivity index (χ0n) is 31.1. The lowest BCUT2D eigenvalue weighted by atomic mass is 10.0. The maximum Gasteiger partial charge on any atom is 0.472 e. The first-order valence-corrected chi connectivity index (χ1v) is 20.9. The molecule has 0 aliphatic rings. The molecule has 3 N–H and O–H groups in total. The molecule has 0 heterocycles. The number of nitrogens with one attached hydrogen (secondary N) is 1. The van der Waals surface area contributed by atoms with Crippen LogP contribution in [-0.4, -0.2) is 73.4 Å². The zero-order valence-corrected chi connectivity index (χ0v) is 32.0. The van der Waals surface area contributed by atoms with Crippen LogP contribution in [0.25, 0.3) is 0 Å². The van der Waals surface area contributed by atoms with Gasteiger partial charge in [0.25, 0.3) is 0 Å². The molecule has 46 heavy (non-hydrogen) atoms. The highest BCUT2D eigenvalue weighted by Crippen LogP contribution is 2.43. The predicted molar refractivity (Wildman–Crippen MR) is 194 cm³/mol. The number of rotatable bonds is 35. The maximum absolute atomic E-state index is 12.7. The molecule has 0 saturated carbocycles. The van der Waals surface area contributed by atoms with E-state index in [2.05, 4.69) is 19.2 Å². The summed E-state index contributed by atoms with van der Waals surface area (Å²) in [5, 5.41) is 13.7. The molecule has 8 nitrogen and oxygen atoms in total. The van der Waals surface area contributed by atoms with Gasteiger partial charge >= 0.3 is 7.82 Å². The Hall–Kier alpha value is -0.500. The molecule has 0 aromatic rings. The lowest BCUT2D eigenvalue weighted by Gasteiger charge is -2.26. The second-order valence-corrected chi connectivity index (χ2v) is 16.1. The molecular formula is C37H78N2O6P+. The van der Waals surface area contributed by atoms with E-state index in [1.807, 2.05) is 21.1 Å². The van der Waals surface area contributed by atoms with E-state index in [9.17, 15) is 19.4 Å². The highest BCUT2D eigenvalue weighted by molar-refractivity contribution is 7.47. The van der Waals surface area contributed by atoms with Gasteiger partial charge in [0.2, 0.25) is 5.91 Å². The lowest BCUT2D eigenvalue weighted by molar-refractivity contribution is -0.870. The molecular weight excluding hydrogens is 599 g/mol.